The van der Waals surface area contributed by atoms with Crippen molar-refractivity contribution in [3.8, 4) is 11.1 Å². The third-order valence-corrected chi connectivity index (χ3v) is 2.88. The summed E-state index contributed by atoms with van der Waals surface area (Å²) in [7, 11) is 1.67. The van der Waals surface area contributed by atoms with Crippen molar-refractivity contribution in [1.29, 1.82) is 0 Å². The lowest BCUT2D eigenvalue weighted by molar-refractivity contribution is 0.120. The van der Waals surface area contributed by atoms with E-state index in [0.717, 1.165) is 16.7 Å². The van der Waals surface area contributed by atoms with Crippen LogP contribution in [0.1, 0.15) is 18.6 Å². The number of aromatic nitrogens is 2. The molecule has 5 nitrogen and oxygen atoms in total. The summed E-state index contributed by atoms with van der Waals surface area (Å²) in [6.45, 7) is 1.98. The monoisotopic (exact) mass is 244 g/mol. The molecule has 0 saturated carbocycles. The number of hydrogen-bond acceptors (Lipinski definition) is 5. The Morgan fingerprint density at radius 1 is 1.17 bits per heavy atom. The zero-order chi connectivity index (χ0) is 13.1. The molecular weight excluding hydrogens is 228 g/mol. The van der Waals surface area contributed by atoms with Gasteiger partial charge >= 0.3 is 0 Å². The van der Waals surface area contributed by atoms with Crippen molar-refractivity contribution in [2.45, 2.75) is 13.0 Å². The van der Waals surface area contributed by atoms with Crippen LogP contribution in [0.2, 0.25) is 0 Å². The zero-order valence-electron chi connectivity index (χ0n) is 10.4. The Labute approximate surface area is 106 Å². The quantitative estimate of drug-likeness (QED) is 0.862. The Kier molecular flexibility index (Phi) is 3.43. The van der Waals surface area contributed by atoms with E-state index in [-0.39, 0.29) is 12.1 Å². The predicted molar refractivity (Wildman–Crippen MR) is 71.7 cm³/mol. The van der Waals surface area contributed by atoms with Crippen LogP contribution in [0.4, 0.5) is 11.8 Å². The van der Waals surface area contributed by atoms with Gasteiger partial charge in [-0.1, -0.05) is 24.3 Å². The van der Waals surface area contributed by atoms with Crippen LogP contribution >= 0.6 is 0 Å². The normalized spacial score (nSPS) is 12.3. The van der Waals surface area contributed by atoms with Gasteiger partial charge in [0.25, 0.3) is 0 Å². The minimum Gasteiger partial charge on any atom is -0.383 e. The maximum Gasteiger partial charge on any atom is 0.221 e. The van der Waals surface area contributed by atoms with Crippen molar-refractivity contribution in [2.75, 3.05) is 18.6 Å². The lowest BCUT2D eigenvalue weighted by Crippen LogP contribution is -2.04. The molecule has 2 rings (SSSR count). The highest BCUT2D eigenvalue weighted by atomic mass is 16.5. The fourth-order valence-electron chi connectivity index (χ4n) is 1.84. The zero-order valence-corrected chi connectivity index (χ0v) is 10.4. The van der Waals surface area contributed by atoms with E-state index in [0.29, 0.717) is 5.82 Å². The second kappa shape index (κ2) is 5.01. The summed E-state index contributed by atoms with van der Waals surface area (Å²) in [4.78, 5) is 7.97. The molecule has 4 N–H and O–H groups in total. The first-order chi connectivity index (χ1) is 8.63. The molecule has 1 aromatic carbocycles. The molecule has 0 aliphatic carbocycles. The maximum absolute atomic E-state index is 5.89. The molecule has 1 heterocycles. The molecule has 0 bridgehead atoms. The smallest absolute Gasteiger partial charge is 0.221 e. The van der Waals surface area contributed by atoms with E-state index >= 15 is 0 Å². The third-order valence-electron chi connectivity index (χ3n) is 2.88. The second-order valence-electron chi connectivity index (χ2n) is 3.99. The van der Waals surface area contributed by atoms with Gasteiger partial charge in [0.2, 0.25) is 5.95 Å². The minimum atomic E-state index is -0.0295. The van der Waals surface area contributed by atoms with E-state index in [1.807, 2.05) is 31.2 Å². The fourth-order valence-corrected chi connectivity index (χ4v) is 1.84. The summed E-state index contributed by atoms with van der Waals surface area (Å²) in [5.74, 6) is 0.548. The van der Waals surface area contributed by atoms with E-state index in [1.165, 1.54) is 0 Å². The summed E-state index contributed by atoms with van der Waals surface area (Å²) in [5, 5.41) is 0. The summed E-state index contributed by atoms with van der Waals surface area (Å²) in [6.07, 6.45) is 1.61. The van der Waals surface area contributed by atoms with Crippen LogP contribution in [0.3, 0.4) is 0 Å². The Hall–Kier alpha value is -2.14. The summed E-state index contributed by atoms with van der Waals surface area (Å²) in [5.41, 5.74) is 14.2. The largest absolute Gasteiger partial charge is 0.383 e. The summed E-state index contributed by atoms with van der Waals surface area (Å²) >= 11 is 0. The van der Waals surface area contributed by atoms with Gasteiger partial charge in [-0.2, -0.15) is 4.98 Å². The van der Waals surface area contributed by atoms with Gasteiger partial charge in [-0.3, -0.25) is 0 Å². The molecular formula is C13H16N4O. The third kappa shape index (κ3) is 2.26. The van der Waals surface area contributed by atoms with Crippen LogP contribution in [0.25, 0.3) is 11.1 Å². The standard InChI is InChI=1S/C13H16N4O/c1-8(18-2)9-5-3-4-6-10(9)11-7-16-13(15)17-12(11)14/h3-8H,1-2H3,(H4,14,15,16,17). The molecule has 0 fully saturated rings. The van der Waals surface area contributed by atoms with Crippen LogP contribution in [-0.2, 0) is 4.74 Å². The van der Waals surface area contributed by atoms with E-state index < -0.39 is 0 Å². The van der Waals surface area contributed by atoms with Crippen molar-refractivity contribution in [1.82, 2.24) is 9.97 Å². The molecule has 0 radical (unpaired) electrons. The summed E-state index contributed by atoms with van der Waals surface area (Å²) in [6, 6.07) is 7.87. The van der Waals surface area contributed by atoms with E-state index in [4.69, 9.17) is 16.2 Å². The van der Waals surface area contributed by atoms with Gasteiger partial charge in [0, 0.05) is 18.9 Å². The second-order valence-corrected chi connectivity index (χ2v) is 3.99. The molecule has 2 aromatic rings. The van der Waals surface area contributed by atoms with Gasteiger partial charge < -0.3 is 16.2 Å². The predicted octanol–water partition coefficient (Wildman–Crippen LogP) is 2.02. The first kappa shape index (κ1) is 12.3. The van der Waals surface area contributed by atoms with Crippen LogP contribution < -0.4 is 11.5 Å². The topological polar surface area (TPSA) is 87.0 Å². The molecule has 0 aliphatic rings. The van der Waals surface area contributed by atoms with Crippen molar-refractivity contribution in [3.63, 3.8) is 0 Å². The number of hydrogen-bond donors (Lipinski definition) is 2. The molecule has 94 valence electrons. The maximum atomic E-state index is 5.89. The van der Waals surface area contributed by atoms with E-state index in [1.54, 1.807) is 13.3 Å². The number of nitrogens with two attached hydrogens (primary N) is 2. The molecule has 1 unspecified atom stereocenters. The number of anilines is 2. The van der Waals surface area contributed by atoms with Crippen LogP contribution in [0.15, 0.2) is 30.5 Å². The lowest BCUT2D eigenvalue weighted by atomic mass is 9.98. The number of benzene rings is 1. The Morgan fingerprint density at radius 3 is 2.56 bits per heavy atom. The van der Waals surface area contributed by atoms with Crippen molar-refractivity contribution in [3.05, 3.63) is 36.0 Å². The number of nitrogen functional groups attached to an aromatic ring is 2. The first-order valence-corrected chi connectivity index (χ1v) is 5.63. The Balaban J connectivity index is 2.56. The Morgan fingerprint density at radius 2 is 1.89 bits per heavy atom. The van der Waals surface area contributed by atoms with Gasteiger partial charge in [0.15, 0.2) is 0 Å². The Bertz CT molecular complexity index is 556. The van der Waals surface area contributed by atoms with Crippen molar-refractivity contribution >= 4 is 11.8 Å². The molecule has 0 amide bonds. The molecule has 0 spiro atoms. The van der Waals surface area contributed by atoms with Crippen LogP contribution in [0.5, 0.6) is 0 Å². The van der Waals surface area contributed by atoms with Crippen LogP contribution in [0, 0.1) is 0 Å². The van der Waals surface area contributed by atoms with Crippen LogP contribution in [-0.4, -0.2) is 17.1 Å². The van der Waals surface area contributed by atoms with Crippen molar-refractivity contribution < 1.29 is 4.74 Å². The number of ether oxygens (including phenoxy) is 1. The number of methoxy groups -OCH3 is 1. The van der Waals surface area contributed by atoms with Crippen molar-refractivity contribution in [2.24, 2.45) is 0 Å². The molecule has 0 aliphatic heterocycles. The summed E-state index contributed by atoms with van der Waals surface area (Å²) < 4.78 is 5.36. The van der Waals surface area contributed by atoms with E-state index in [9.17, 15) is 0 Å². The van der Waals surface area contributed by atoms with Gasteiger partial charge in [-0.25, -0.2) is 4.98 Å². The molecule has 1 atom stereocenters. The van der Waals surface area contributed by atoms with E-state index in [2.05, 4.69) is 9.97 Å². The first-order valence-electron chi connectivity index (χ1n) is 5.63. The average molecular weight is 244 g/mol. The van der Waals surface area contributed by atoms with Gasteiger partial charge in [0.1, 0.15) is 5.82 Å². The average Bonchev–Trinajstić information content (AvgIpc) is 2.38. The molecule has 18 heavy (non-hydrogen) atoms. The lowest BCUT2D eigenvalue weighted by Gasteiger charge is -2.15. The number of nitrogens with zero attached hydrogens (tertiary/aromatic N) is 2. The molecule has 1 aromatic heterocycles. The highest BCUT2D eigenvalue weighted by Gasteiger charge is 2.13. The highest BCUT2D eigenvalue weighted by Crippen LogP contribution is 2.31. The number of rotatable bonds is 3. The fraction of sp³-hybridized carbons (Fsp3) is 0.231. The minimum absolute atomic E-state index is 0.0295. The SMILES string of the molecule is COC(C)c1ccccc1-c1cnc(N)nc1N. The van der Waals surface area contributed by atoms with Gasteiger partial charge in [-0.05, 0) is 18.1 Å². The highest BCUT2D eigenvalue weighted by molar-refractivity contribution is 5.76. The molecule has 5 heteroatoms. The molecule has 0 saturated heterocycles. The van der Waals surface area contributed by atoms with Gasteiger partial charge in [0.05, 0.1) is 6.10 Å². The van der Waals surface area contributed by atoms with Gasteiger partial charge in [-0.15, -0.1) is 0 Å².